The zero-order valence-electron chi connectivity index (χ0n) is 33.5. The summed E-state index contributed by atoms with van der Waals surface area (Å²) in [5, 5.41) is 15.1. The van der Waals surface area contributed by atoms with Gasteiger partial charge in [0.25, 0.3) is 0 Å². The average molecular weight is 750 g/mol. The molecule has 0 unspecified atom stereocenters. The number of hydrogen-bond donors (Lipinski definition) is 3. The molecule has 0 spiro atoms. The van der Waals surface area contributed by atoms with Crippen LogP contribution in [0.25, 0.3) is 0 Å². The molecule has 0 aliphatic heterocycles. The molecule has 1 amide bonds. The minimum Gasteiger partial charge on any atom is -0.481 e. The Hall–Kier alpha value is -2.75. The predicted molar refractivity (Wildman–Crippen MR) is 205 cm³/mol. The Bertz CT molecular complexity index is 1750. The molecule has 5 fully saturated rings. The van der Waals surface area contributed by atoms with Gasteiger partial charge in [0.05, 0.1) is 24.1 Å². The van der Waals surface area contributed by atoms with Crippen LogP contribution in [0.2, 0.25) is 0 Å². The first-order chi connectivity index (χ1) is 24.6. The van der Waals surface area contributed by atoms with Crippen LogP contribution < -0.4 is 11.1 Å². The van der Waals surface area contributed by atoms with Crippen molar-refractivity contribution in [2.75, 3.05) is 5.73 Å². The maximum atomic E-state index is 14.0. The first-order valence-corrected chi connectivity index (χ1v) is 21.2. The zero-order chi connectivity index (χ0) is 38.7. The quantitative estimate of drug-likeness (QED) is 0.225. The number of aromatic nitrogens is 1. The molecule has 53 heavy (non-hydrogen) atoms. The number of nitrogens with one attached hydrogen (secondary N) is 1. The third kappa shape index (κ3) is 5.59. The van der Waals surface area contributed by atoms with Gasteiger partial charge in [-0.15, -0.1) is 11.3 Å². The van der Waals surface area contributed by atoms with E-state index >= 15 is 0 Å². The van der Waals surface area contributed by atoms with Crippen LogP contribution >= 0.6 is 11.3 Å². The summed E-state index contributed by atoms with van der Waals surface area (Å²) in [6.07, 6.45) is 8.86. The Kier molecular flexibility index (Phi) is 9.19. The van der Waals surface area contributed by atoms with Gasteiger partial charge >= 0.3 is 11.9 Å². The lowest BCUT2D eigenvalue weighted by atomic mass is 9.33. The molecular weight excluding hydrogens is 687 g/mol. The lowest BCUT2D eigenvalue weighted by Crippen LogP contribution is -2.66. The van der Waals surface area contributed by atoms with Gasteiger partial charge in [-0.1, -0.05) is 67.9 Å². The summed E-state index contributed by atoms with van der Waals surface area (Å²) in [6.45, 7) is 20.6. The number of thiazole rings is 1. The SMILES string of the molecule is CC(C)C1=C2[C@H]3CC[C@@H]4[C@@]5(C)CC[C@H](OC(=O)[C@H]6C[C@@H](C(=O)O)C6(C)C)C(C)(C)[C@@H]5CC[C@@]4(C)[C@]3(C)CC[C@@]2(CC(=O)NCc2csc(N)n2)CC1=O. The number of Topliss-reactive ketones (excluding diaryl/α,β-unsaturated/α-hetero) is 1. The lowest BCUT2D eigenvalue weighted by Gasteiger charge is -2.72. The molecule has 6 aliphatic rings. The van der Waals surface area contributed by atoms with Crippen LogP contribution in [0.3, 0.4) is 0 Å². The number of esters is 1. The Morgan fingerprint density at radius 3 is 2.28 bits per heavy atom. The fraction of sp³-hybridized carbons (Fsp3) is 0.791. The molecule has 5 saturated carbocycles. The number of fused-ring (bicyclic) bond motifs is 7. The number of carbonyl (C=O) groups excluding carboxylic acids is 3. The topological polar surface area (TPSA) is 149 Å². The van der Waals surface area contributed by atoms with Gasteiger partial charge in [-0.3, -0.25) is 19.2 Å². The number of carboxylic acids is 1. The summed E-state index contributed by atoms with van der Waals surface area (Å²) >= 11 is 1.37. The van der Waals surface area contributed by atoms with Gasteiger partial charge < -0.3 is 20.9 Å². The van der Waals surface area contributed by atoms with E-state index < -0.39 is 22.7 Å². The molecule has 6 aliphatic carbocycles. The number of allylic oxidation sites excluding steroid dienone is 2. The van der Waals surface area contributed by atoms with Gasteiger partial charge in [-0.2, -0.15) is 0 Å². The monoisotopic (exact) mass is 749 g/mol. The molecule has 10 atom stereocenters. The third-order valence-corrected chi connectivity index (χ3v) is 17.9. The van der Waals surface area contributed by atoms with E-state index in [0.717, 1.165) is 62.6 Å². The highest BCUT2D eigenvalue weighted by atomic mass is 32.1. The first-order valence-electron chi connectivity index (χ1n) is 20.3. The average Bonchev–Trinajstić information content (AvgIpc) is 3.60. The Balaban J connectivity index is 1.13. The van der Waals surface area contributed by atoms with Crippen LogP contribution in [0.5, 0.6) is 0 Å². The Morgan fingerprint density at radius 1 is 0.943 bits per heavy atom. The van der Waals surface area contributed by atoms with Crippen LogP contribution in [-0.4, -0.2) is 39.8 Å². The molecule has 10 heteroatoms. The fourth-order valence-electron chi connectivity index (χ4n) is 14.1. The predicted octanol–water partition coefficient (Wildman–Crippen LogP) is 8.37. The third-order valence-electron chi connectivity index (χ3n) is 17.2. The van der Waals surface area contributed by atoms with E-state index in [2.05, 4.69) is 58.8 Å². The molecule has 7 rings (SSSR count). The van der Waals surface area contributed by atoms with E-state index in [4.69, 9.17) is 10.5 Å². The molecule has 9 nitrogen and oxygen atoms in total. The van der Waals surface area contributed by atoms with E-state index in [-0.39, 0.29) is 63.2 Å². The van der Waals surface area contributed by atoms with Crippen molar-refractivity contribution < 1.29 is 29.0 Å². The van der Waals surface area contributed by atoms with Crippen molar-refractivity contribution in [1.82, 2.24) is 10.3 Å². The van der Waals surface area contributed by atoms with Crippen LogP contribution in [-0.2, 0) is 30.5 Å². The van der Waals surface area contributed by atoms with Crippen molar-refractivity contribution in [1.29, 1.82) is 0 Å². The van der Waals surface area contributed by atoms with Crippen molar-refractivity contribution in [3.8, 4) is 0 Å². The van der Waals surface area contributed by atoms with E-state index in [9.17, 15) is 24.3 Å². The molecule has 1 aromatic heterocycles. The number of rotatable bonds is 8. The van der Waals surface area contributed by atoms with Crippen LogP contribution in [0.4, 0.5) is 5.13 Å². The zero-order valence-corrected chi connectivity index (χ0v) is 34.3. The standard InChI is InChI=1S/C43H63N3O6S/c1-23(2)33-28(47)19-43(20-32(48)45-21-24-22-53-37(44)46-24)17-16-41(8)25(34(33)43)10-11-30-40(7)14-13-31(39(5,6)29(40)12-15-42(30,41)9)52-36(51)27-18-26(35(49)50)38(27,3)4/h22-23,25-27,29-31H,10-21H2,1-9H3,(H2,44,46)(H,45,48)(H,49,50)/t25-,26+,27-,29+,30-,31+,40+,41-,42-,43+/m1/s1. The van der Waals surface area contributed by atoms with Crippen molar-refractivity contribution >= 4 is 40.1 Å². The normalized spacial score (nSPS) is 41.1. The van der Waals surface area contributed by atoms with Gasteiger partial charge in [0.2, 0.25) is 5.91 Å². The smallest absolute Gasteiger partial charge is 0.309 e. The second-order valence-corrected chi connectivity index (χ2v) is 21.3. The molecule has 0 radical (unpaired) electrons. The maximum Gasteiger partial charge on any atom is 0.309 e. The molecule has 1 aromatic rings. The van der Waals surface area contributed by atoms with Gasteiger partial charge in [0, 0.05) is 29.1 Å². The fourth-order valence-corrected chi connectivity index (χ4v) is 14.6. The Labute approximate surface area is 320 Å². The number of nitrogens with two attached hydrogens (primary N) is 1. The van der Waals surface area contributed by atoms with Crippen molar-refractivity contribution in [3.05, 3.63) is 22.2 Å². The molecular formula is C43H63N3O6S. The minimum absolute atomic E-state index is 0.00790. The number of nitrogen functional groups attached to an aromatic ring is 1. The van der Waals surface area contributed by atoms with Crippen LogP contribution in [0.1, 0.15) is 139 Å². The van der Waals surface area contributed by atoms with Crippen molar-refractivity contribution in [2.24, 2.45) is 68.0 Å². The maximum absolute atomic E-state index is 14.0. The molecule has 292 valence electrons. The van der Waals surface area contributed by atoms with E-state index in [1.807, 2.05) is 19.2 Å². The highest BCUT2D eigenvalue weighted by Gasteiger charge is 2.70. The number of amides is 1. The minimum atomic E-state index is -0.833. The number of ketones is 1. The van der Waals surface area contributed by atoms with Crippen LogP contribution in [0.15, 0.2) is 16.5 Å². The van der Waals surface area contributed by atoms with Crippen molar-refractivity contribution in [3.63, 3.8) is 0 Å². The van der Waals surface area contributed by atoms with Gasteiger partial charge in [0.1, 0.15) is 6.10 Å². The summed E-state index contributed by atoms with van der Waals surface area (Å²) in [6, 6.07) is 0. The molecule has 0 saturated heterocycles. The van der Waals surface area contributed by atoms with E-state index in [1.54, 1.807) is 0 Å². The highest BCUT2D eigenvalue weighted by molar-refractivity contribution is 7.13. The largest absolute Gasteiger partial charge is 0.481 e. The second kappa shape index (κ2) is 12.6. The summed E-state index contributed by atoms with van der Waals surface area (Å²) in [5.41, 5.74) is 7.77. The molecule has 4 N–H and O–H groups in total. The highest BCUT2D eigenvalue weighted by Crippen LogP contribution is 2.77. The summed E-state index contributed by atoms with van der Waals surface area (Å²) in [7, 11) is 0. The number of carboxylic acid groups (broad SMARTS) is 1. The van der Waals surface area contributed by atoms with E-state index in [1.165, 1.54) is 16.9 Å². The summed E-state index contributed by atoms with van der Waals surface area (Å²) < 4.78 is 6.40. The number of anilines is 1. The number of ether oxygens (including phenoxy) is 1. The number of nitrogens with zero attached hydrogens (tertiary/aromatic N) is 1. The van der Waals surface area contributed by atoms with E-state index in [0.29, 0.717) is 42.8 Å². The number of carbonyl (C=O) groups is 4. The Morgan fingerprint density at radius 2 is 1.66 bits per heavy atom. The lowest BCUT2D eigenvalue weighted by molar-refractivity contribution is -0.236. The van der Waals surface area contributed by atoms with Gasteiger partial charge in [-0.05, 0) is 109 Å². The summed E-state index contributed by atoms with van der Waals surface area (Å²) in [4.78, 5) is 57.3. The van der Waals surface area contributed by atoms with Crippen molar-refractivity contribution in [2.45, 2.75) is 146 Å². The first kappa shape index (κ1) is 38.5. The molecule has 1 heterocycles. The second-order valence-electron chi connectivity index (χ2n) is 20.4. The number of hydrogen-bond acceptors (Lipinski definition) is 8. The number of aliphatic carboxylic acids is 1. The van der Waals surface area contributed by atoms with Gasteiger partial charge in [0.15, 0.2) is 10.9 Å². The molecule has 0 bridgehead atoms. The molecule has 0 aromatic carbocycles. The van der Waals surface area contributed by atoms with Gasteiger partial charge in [-0.25, -0.2) is 4.98 Å². The van der Waals surface area contributed by atoms with Crippen LogP contribution in [0, 0.1) is 68.0 Å². The summed E-state index contributed by atoms with van der Waals surface area (Å²) in [5.74, 6) is -0.483.